The van der Waals surface area contributed by atoms with E-state index in [0.29, 0.717) is 0 Å². The molecule has 16 heavy (non-hydrogen) atoms. The van der Waals surface area contributed by atoms with Crippen molar-refractivity contribution in [2.45, 2.75) is 26.2 Å². The van der Waals surface area contributed by atoms with E-state index < -0.39 is 0 Å². The summed E-state index contributed by atoms with van der Waals surface area (Å²) in [6, 6.07) is 3.96. The fourth-order valence-corrected chi connectivity index (χ4v) is 1.89. The third-order valence-corrected chi connectivity index (χ3v) is 2.81. The molecule has 1 heterocycles. The van der Waals surface area contributed by atoms with Crippen molar-refractivity contribution in [1.29, 1.82) is 0 Å². The second-order valence-electron chi connectivity index (χ2n) is 4.01. The number of hydrogen-bond donors (Lipinski definition) is 0. The zero-order valence-corrected chi connectivity index (χ0v) is 9.44. The van der Waals surface area contributed by atoms with Gasteiger partial charge in [-0.1, -0.05) is 6.08 Å². The maximum atomic E-state index is 11.4. The number of aromatic nitrogens is 1. The minimum Gasteiger partial charge on any atom is -0.295 e. The van der Waals surface area contributed by atoms with Crippen molar-refractivity contribution in [3.8, 4) is 0 Å². The standard InChI is InChI=1S/C14H15NO/c1-11(16)13-4-2-3-5-14(10-13)12-6-8-15-9-7-12/h5-10H,2-4H2,1H3. The van der Waals surface area contributed by atoms with Gasteiger partial charge in [0.2, 0.25) is 0 Å². The van der Waals surface area contributed by atoms with Crippen LogP contribution in [0.1, 0.15) is 31.7 Å². The number of rotatable bonds is 2. The van der Waals surface area contributed by atoms with E-state index in [1.54, 1.807) is 19.3 Å². The molecule has 0 atom stereocenters. The maximum absolute atomic E-state index is 11.4. The Morgan fingerprint density at radius 1 is 1.31 bits per heavy atom. The van der Waals surface area contributed by atoms with Crippen LogP contribution in [0.2, 0.25) is 0 Å². The van der Waals surface area contributed by atoms with Gasteiger partial charge in [0.1, 0.15) is 0 Å². The number of Topliss-reactive ketones (excluding diaryl/α,β-unsaturated/α-hetero) is 1. The van der Waals surface area contributed by atoms with E-state index in [1.165, 1.54) is 0 Å². The topological polar surface area (TPSA) is 30.0 Å². The van der Waals surface area contributed by atoms with Gasteiger partial charge in [0.05, 0.1) is 0 Å². The quantitative estimate of drug-likeness (QED) is 0.755. The van der Waals surface area contributed by atoms with Crippen molar-refractivity contribution >= 4 is 11.4 Å². The molecule has 0 saturated heterocycles. The summed E-state index contributed by atoms with van der Waals surface area (Å²) >= 11 is 0. The summed E-state index contributed by atoms with van der Waals surface area (Å²) in [5.41, 5.74) is 3.21. The molecule has 0 unspecified atom stereocenters. The summed E-state index contributed by atoms with van der Waals surface area (Å²) in [6.45, 7) is 1.64. The van der Waals surface area contributed by atoms with Gasteiger partial charge in [0.15, 0.2) is 5.78 Å². The highest BCUT2D eigenvalue weighted by Gasteiger charge is 2.09. The lowest BCUT2D eigenvalue weighted by Gasteiger charge is -2.02. The van der Waals surface area contributed by atoms with Crippen LogP contribution in [0.15, 0.2) is 42.3 Å². The second-order valence-corrected chi connectivity index (χ2v) is 4.01. The van der Waals surface area contributed by atoms with Crippen molar-refractivity contribution < 1.29 is 4.79 Å². The highest BCUT2D eigenvalue weighted by atomic mass is 16.1. The average Bonchev–Trinajstić information content (AvgIpc) is 2.56. The Morgan fingerprint density at radius 2 is 2.06 bits per heavy atom. The van der Waals surface area contributed by atoms with Gasteiger partial charge in [-0.2, -0.15) is 0 Å². The molecule has 2 rings (SSSR count). The summed E-state index contributed by atoms with van der Waals surface area (Å²) in [5.74, 6) is 0.182. The molecule has 0 bridgehead atoms. The molecule has 0 spiro atoms. The monoisotopic (exact) mass is 213 g/mol. The van der Waals surface area contributed by atoms with Crippen LogP contribution >= 0.6 is 0 Å². The highest BCUT2D eigenvalue weighted by molar-refractivity contribution is 5.96. The SMILES string of the molecule is CC(=O)C1=CC(c2ccncc2)=CCCC1. The van der Waals surface area contributed by atoms with E-state index >= 15 is 0 Å². The molecule has 1 aliphatic rings. The molecule has 1 aromatic rings. The fourth-order valence-electron chi connectivity index (χ4n) is 1.89. The van der Waals surface area contributed by atoms with Crippen LogP contribution in [0.5, 0.6) is 0 Å². The first-order chi connectivity index (χ1) is 7.77. The van der Waals surface area contributed by atoms with Crippen molar-refractivity contribution in [1.82, 2.24) is 4.98 Å². The molecule has 1 aromatic heterocycles. The molecule has 0 radical (unpaired) electrons. The Labute approximate surface area is 95.7 Å². The summed E-state index contributed by atoms with van der Waals surface area (Å²) < 4.78 is 0. The molecule has 0 N–H and O–H groups in total. The van der Waals surface area contributed by atoms with Gasteiger partial charge in [-0.05, 0) is 61.1 Å². The van der Waals surface area contributed by atoms with E-state index in [0.717, 1.165) is 36.0 Å². The number of carbonyl (C=O) groups is 1. The van der Waals surface area contributed by atoms with E-state index in [-0.39, 0.29) is 5.78 Å². The predicted molar refractivity (Wildman–Crippen MR) is 64.8 cm³/mol. The van der Waals surface area contributed by atoms with Gasteiger partial charge in [-0.15, -0.1) is 0 Å². The van der Waals surface area contributed by atoms with E-state index in [1.807, 2.05) is 18.2 Å². The molecule has 0 aliphatic heterocycles. The van der Waals surface area contributed by atoms with Gasteiger partial charge in [0.25, 0.3) is 0 Å². The van der Waals surface area contributed by atoms with Crippen LogP contribution in [-0.4, -0.2) is 10.8 Å². The summed E-state index contributed by atoms with van der Waals surface area (Å²) in [7, 11) is 0. The zero-order chi connectivity index (χ0) is 11.4. The largest absolute Gasteiger partial charge is 0.295 e. The molecule has 2 heteroatoms. The summed E-state index contributed by atoms with van der Waals surface area (Å²) in [4.78, 5) is 15.4. The molecule has 0 aromatic carbocycles. The lowest BCUT2D eigenvalue weighted by atomic mass is 10.0. The molecular formula is C14H15NO. The Kier molecular flexibility index (Phi) is 3.30. The number of ketones is 1. The van der Waals surface area contributed by atoms with Crippen LogP contribution in [0.25, 0.3) is 5.57 Å². The van der Waals surface area contributed by atoms with Crippen LogP contribution in [0.4, 0.5) is 0 Å². The van der Waals surface area contributed by atoms with E-state index in [2.05, 4.69) is 11.1 Å². The average molecular weight is 213 g/mol. The molecule has 0 fully saturated rings. The normalized spacial score (nSPS) is 16.1. The summed E-state index contributed by atoms with van der Waals surface area (Å²) in [6.07, 6.45) is 10.8. The minimum atomic E-state index is 0.182. The van der Waals surface area contributed by atoms with Gasteiger partial charge in [-0.3, -0.25) is 9.78 Å². The smallest absolute Gasteiger partial charge is 0.155 e. The van der Waals surface area contributed by atoms with Gasteiger partial charge >= 0.3 is 0 Å². The number of nitrogens with zero attached hydrogens (tertiary/aromatic N) is 1. The van der Waals surface area contributed by atoms with Crippen LogP contribution in [0.3, 0.4) is 0 Å². The summed E-state index contributed by atoms with van der Waals surface area (Å²) in [5, 5.41) is 0. The first-order valence-corrected chi connectivity index (χ1v) is 5.59. The first kappa shape index (κ1) is 10.8. The Hall–Kier alpha value is -1.70. The molecule has 0 amide bonds. The zero-order valence-electron chi connectivity index (χ0n) is 9.44. The minimum absolute atomic E-state index is 0.182. The second kappa shape index (κ2) is 4.88. The molecule has 1 aliphatic carbocycles. The third kappa shape index (κ3) is 2.45. The number of carbonyl (C=O) groups excluding carboxylic acids is 1. The van der Waals surface area contributed by atoms with Crippen LogP contribution in [-0.2, 0) is 4.79 Å². The molecular weight excluding hydrogens is 198 g/mol. The molecule has 2 nitrogen and oxygen atoms in total. The van der Waals surface area contributed by atoms with Gasteiger partial charge in [0, 0.05) is 12.4 Å². The van der Waals surface area contributed by atoms with Crippen LogP contribution in [0, 0.1) is 0 Å². The van der Waals surface area contributed by atoms with Crippen LogP contribution < -0.4 is 0 Å². The molecule has 82 valence electrons. The lowest BCUT2D eigenvalue weighted by molar-refractivity contribution is -0.113. The van der Waals surface area contributed by atoms with Crippen molar-refractivity contribution in [3.63, 3.8) is 0 Å². The van der Waals surface area contributed by atoms with Gasteiger partial charge < -0.3 is 0 Å². The van der Waals surface area contributed by atoms with E-state index in [9.17, 15) is 4.79 Å². The first-order valence-electron chi connectivity index (χ1n) is 5.59. The Bertz CT molecular complexity index is 443. The highest BCUT2D eigenvalue weighted by Crippen LogP contribution is 2.24. The van der Waals surface area contributed by atoms with E-state index in [4.69, 9.17) is 0 Å². The Morgan fingerprint density at radius 3 is 2.75 bits per heavy atom. The third-order valence-electron chi connectivity index (χ3n) is 2.81. The fraction of sp³-hybridized carbons (Fsp3) is 0.286. The van der Waals surface area contributed by atoms with Crippen molar-refractivity contribution in [2.75, 3.05) is 0 Å². The number of pyridine rings is 1. The molecule has 0 saturated carbocycles. The number of allylic oxidation sites excluding steroid dienone is 4. The maximum Gasteiger partial charge on any atom is 0.155 e. The Balaban J connectivity index is 2.36. The predicted octanol–water partition coefficient (Wildman–Crippen LogP) is 3.16. The van der Waals surface area contributed by atoms with Gasteiger partial charge in [-0.25, -0.2) is 0 Å². The van der Waals surface area contributed by atoms with Crippen molar-refractivity contribution in [3.05, 3.63) is 47.8 Å². The van der Waals surface area contributed by atoms with Crippen molar-refractivity contribution in [2.24, 2.45) is 0 Å². The lowest BCUT2D eigenvalue weighted by Crippen LogP contribution is -1.96. The number of hydrogen-bond acceptors (Lipinski definition) is 2.